The van der Waals surface area contributed by atoms with Crippen molar-refractivity contribution in [3.8, 4) is 5.75 Å². The van der Waals surface area contributed by atoms with Crippen molar-refractivity contribution in [3.63, 3.8) is 0 Å². The molecule has 0 aromatic heterocycles. The van der Waals surface area contributed by atoms with Crippen molar-refractivity contribution in [2.45, 2.75) is 44.9 Å². The van der Waals surface area contributed by atoms with Gasteiger partial charge in [-0.1, -0.05) is 63.1 Å². The monoisotopic (exact) mass is 432 g/mol. The molecular formula is C26H28N2O4. The van der Waals surface area contributed by atoms with Gasteiger partial charge in [0.15, 0.2) is 0 Å². The van der Waals surface area contributed by atoms with Crippen molar-refractivity contribution in [2.75, 3.05) is 11.9 Å². The van der Waals surface area contributed by atoms with Crippen molar-refractivity contribution in [2.24, 2.45) is 5.92 Å². The van der Waals surface area contributed by atoms with Gasteiger partial charge in [-0.25, -0.2) is 0 Å². The molecule has 32 heavy (non-hydrogen) atoms. The maximum absolute atomic E-state index is 13.6. The van der Waals surface area contributed by atoms with Gasteiger partial charge in [-0.05, 0) is 36.5 Å². The van der Waals surface area contributed by atoms with E-state index in [2.05, 4.69) is 19.2 Å². The summed E-state index contributed by atoms with van der Waals surface area (Å²) in [7, 11) is 0. The van der Waals surface area contributed by atoms with Crippen LogP contribution in [0.4, 0.5) is 11.4 Å². The first-order valence-corrected chi connectivity index (χ1v) is 11.1. The zero-order valence-corrected chi connectivity index (χ0v) is 18.5. The minimum atomic E-state index is -0.678. The summed E-state index contributed by atoms with van der Waals surface area (Å²) in [4.78, 5) is 24.2. The molecule has 3 aromatic carbocycles. The van der Waals surface area contributed by atoms with Crippen LogP contribution >= 0.6 is 0 Å². The van der Waals surface area contributed by atoms with Crippen LogP contribution < -0.4 is 10.1 Å². The van der Waals surface area contributed by atoms with Crippen LogP contribution in [0, 0.1) is 16.0 Å². The van der Waals surface area contributed by atoms with E-state index in [-0.39, 0.29) is 11.6 Å². The number of anilines is 1. The van der Waals surface area contributed by atoms with Gasteiger partial charge in [-0.15, -0.1) is 0 Å². The molecule has 0 radical (unpaired) electrons. The van der Waals surface area contributed by atoms with Gasteiger partial charge in [0, 0.05) is 28.6 Å². The van der Waals surface area contributed by atoms with Crippen LogP contribution in [-0.4, -0.2) is 17.4 Å². The SMILES string of the molecule is CC(C)COc1ccc(NC(=O)C2(c3ccc([N+](=O)[O-])cc3)CCCC2)c2ccccc12. The lowest BCUT2D eigenvalue weighted by Crippen LogP contribution is -2.38. The number of amides is 1. The molecule has 4 rings (SSSR count). The quantitative estimate of drug-likeness (QED) is 0.354. The maximum atomic E-state index is 13.6. The largest absolute Gasteiger partial charge is 0.493 e. The molecule has 6 nitrogen and oxygen atoms in total. The molecule has 1 fully saturated rings. The van der Waals surface area contributed by atoms with Gasteiger partial charge in [0.05, 0.1) is 16.9 Å². The van der Waals surface area contributed by atoms with Gasteiger partial charge >= 0.3 is 0 Å². The van der Waals surface area contributed by atoms with E-state index in [1.807, 2.05) is 36.4 Å². The van der Waals surface area contributed by atoms with Gasteiger partial charge < -0.3 is 10.1 Å². The fourth-order valence-corrected chi connectivity index (χ4v) is 4.53. The number of carbonyl (C=O) groups is 1. The minimum Gasteiger partial charge on any atom is -0.493 e. The van der Waals surface area contributed by atoms with E-state index in [0.29, 0.717) is 12.5 Å². The van der Waals surface area contributed by atoms with Crippen molar-refractivity contribution in [1.82, 2.24) is 0 Å². The van der Waals surface area contributed by atoms with Gasteiger partial charge in [-0.3, -0.25) is 14.9 Å². The molecule has 1 amide bonds. The van der Waals surface area contributed by atoms with Crippen LogP contribution in [0.5, 0.6) is 5.75 Å². The van der Waals surface area contributed by atoms with Crippen LogP contribution in [-0.2, 0) is 10.2 Å². The minimum absolute atomic E-state index is 0.0327. The molecule has 6 heteroatoms. The second kappa shape index (κ2) is 8.99. The molecule has 0 unspecified atom stereocenters. The number of fused-ring (bicyclic) bond motifs is 1. The number of rotatable bonds is 7. The second-order valence-corrected chi connectivity index (χ2v) is 8.91. The molecule has 0 aliphatic heterocycles. The number of hydrogen-bond acceptors (Lipinski definition) is 4. The Morgan fingerprint density at radius 3 is 2.31 bits per heavy atom. The van der Waals surface area contributed by atoms with Gasteiger partial charge in [0.2, 0.25) is 5.91 Å². The fourth-order valence-electron chi connectivity index (χ4n) is 4.53. The van der Waals surface area contributed by atoms with Crippen LogP contribution in [0.15, 0.2) is 60.7 Å². The third kappa shape index (κ3) is 4.17. The number of nitro groups is 1. The van der Waals surface area contributed by atoms with Crippen LogP contribution in [0.25, 0.3) is 10.8 Å². The topological polar surface area (TPSA) is 81.5 Å². The molecule has 166 valence electrons. The number of hydrogen-bond donors (Lipinski definition) is 1. The van der Waals surface area contributed by atoms with Gasteiger partial charge in [0.1, 0.15) is 5.75 Å². The third-order valence-corrected chi connectivity index (χ3v) is 6.23. The van der Waals surface area contributed by atoms with E-state index in [9.17, 15) is 14.9 Å². The smallest absolute Gasteiger partial charge is 0.269 e. The Labute approximate surface area is 187 Å². The summed E-state index contributed by atoms with van der Waals surface area (Å²) in [6.45, 7) is 4.84. The van der Waals surface area contributed by atoms with E-state index in [1.165, 1.54) is 12.1 Å². The predicted molar refractivity (Wildman–Crippen MR) is 126 cm³/mol. The van der Waals surface area contributed by atoms with Crippen LogP contribution in [0.2, 0.25) is 0 Å². The highest BCUT2D eigenvalue weighted by atomic mass is 16.6. The third-order valence-electron chi connectivity index (χ3n) is 6.23. The van der Waals surface area contributed by atoms with Crippen molar-refractivity contribution in [1.29, 1.82) is 0 Å². The van der Waals surface area contributed by atoms with Crippen LogP contribution in [0.1, 0.15) is 45.1 Å². The van der Waals surface area contributed by atoms with E-state index >= 15 is 0 Å². The number of nitro benzene ring substituents is 1. The Balaban J connectivity index is 1.66. The number of nitrogens with one attached hydrogen (secondary N) is 1. The number of ether oxygens (including phenoxy) is 1. The van der Waals surface area contributed by atoms with E-state index in [0.717, 1.165) is 53.5 Å². The molecular weight excluding hydrogens is 404 g/mol. The number of benzene rings is 3. The molecule has 0 bridgehead atoms. The number of carbonyl (C=O) groups excluding carboxylic acids is 1. The summed E-state index contributed by atoms with van der Waals surface area (Å²) in [5.74, 6) is 1.15. The molecule has 1 saturated carbocycles. The van der Waals surface area contributed by atoms with Crippen LogP contribution in [0.3, 0.4) is 0 Å². The molecule has 0 atom stereocenters. The summed E-state index contributed by atoms with van der Waals surface area (Å²) < 4.78 is 5.99. The summed E-state index contributed by atoms with van der Waals surface area (Å²) in [6, 6.07) is 18.1. The molecule has 1 aliphatic rings. The summed E-state index contributed by atoms with van der Waals surface area (Å²) >= 11 is 0. The average Bonchev–Trinajstić information content (AvgIpc) is 3.30. The molecule has 3 aromatic rings. The highest BCUT2D eigenvalue weighted by molar-refractivity contribution is 6.07. The molecule has 0 spiro atoms. The van der Waals surface area contributed by atoms with Crippen molar-refractivity contribution >= 4 is 28.1 Å². The fraction of sp³-hybridized carbons (Fsp3) is 0.346. The standard InChI is InChI=1S/C26H28N2O4/c1-18(2)17-32-24-14-13-23(21-7-3-4-8-22(21)24)27-25(29)26(15-5-6-16-26)19-9-11-20(12-10-19)28(30)31/h3-4,7-14,18H,5-6,15-17H2,1-2H3,(H,27,29). The first kappa shape index (κ1) is 21.8. The summed E-state index contributed by atoms with van der Waals surface area (Å²) in [5, 5.41) is 16.1. The van der Waals surface area contributed by atoms with E-state index in [4.69, 9.17) is 4.74 Å². The highest BCUT2D eigenvalue weighted by Crippen LogP contribution is 2.43. The normalized spacial score (nSPS) is 15.1. The summed E-state index contributed by atoms with van der Waals surface area (Å²) in [5.41, 5.74) is 0.934. The molecule has 1 aliphatic carbocycles. The highest BCUT2D eigenvalue weighted by Gasteiger charge is 2.43. The molecule has 1 N–H and O–H groups in total. The van der Waals surface area contributed by atoms with E-state index in [1.54, 1.807) is 12.1 Å². The molecule has 0 saturated heterocycles. The summed E-state index contributed by atoms with van der Waals surface area (Å²) in [6.07, 6.45) is 3.36. The van der Waals surface area contributed by atoms with E-state index < -0.39 is 10.3 Å². The zero-order chi connectivity index (χ0) is 22.7. The Morgan fingerprint density at radius 1 is 1.03 bits per heavy atom. The molecule has 0 heterocycles. The van der Waals surface area contributed by atoms with Crippen molar-refractivity contribution < 1.29 is 14.5 Å². The lowest BCUT2D eigenvalue weighted by molar-refractivity contribution is -0.384. The lowest BCUT2D eigenvalue weighted by atomic mass is 9.78. The second-order valence-electron chi connectivity index (χ2n) is 8.91. The lowest BCUT2D eigenvalue weighted by Gasteiger charge is -2.28. The van der Waals surface area contributed by atoms with Crippen molar-refractivity contribution in [3.05, 3.63) is 76.3 Å². The first-order valence-electron chi connectivity index (χ1n) is 11.1. The maximum Gasteiger partial charge on any atom is 0.269 e. The van der Waals surface area contributed by atoms with Gasteiger partial charge in [0.25, 0.3) is 5.69 Å². The average molecular weight is 433 g/mol. The first-order chi connectivity index (χ1) is 15.4. The predicted octanol–water partition coefficient (Wildman–Crippen LogP) is 6.23. The Bertz CT molecular complexity index is 1130. The Hall–Kier alpha value is -3.41. The number of non-ortho nitro benzene ring substituents is 1. The zero-order valence-electron chi connectivity index (χ0n) is 18.5. The number of nitrogens with zero attached hydrogens (tertiary/aromatic N) is 1. The van der Waals surface area contributed by atoms with Gasteiger partial charge in [-0.2, -0.15) is 0 Å². The Kier molecular flexibility index (Phi) is 6.12. The Morgan fingerprint density at radius 2 is 1.69 bits per heavy atom.